The summed E-state index contributed by atoms with van der Waals surface area (Å²) in [6.07, 6.45) is 5.51. The largest absolute Gasteiger partial charge is 0.290 e. The molecule has 80 valence electrons. The molecule has 2 nitrogen and oxygen atoms in total. The van der Waals surface area contributed by atoms with E-state index < -0.39 is 0 Å². The molecule has 0 radical (unpaired) electrons. The summed E-state index contributed by atoms with van der Waals surface area (Å²) in [5, 5.41) is 0. The van der Waals surface area contributed by atoms with Gasteiger partial charge >= 0.3 is 0 Å². The molecule has 1 aliphatic carbocycles. The highest BCUT2D eigenvalue weighted by Crippen LogP contribution is 2.13. The fraction of sp³-hybridized carbons (Fsp3) is 0.143. The fourth-order valence-electron chi connectivity index (χ4n) is 1.67. The zero-order valence-electron chi connectivity index (χ0n) is 8.85. The molecule has 0 N–H and O–H groups in total. The van der Waals surface area contributed by atoms with E-state index in [1.807, 2.05) is 30.3 Å². The maximum absolute atomic E-state index is 11.5. The molecule has 0 amide bonds. The Hall–Kier alpha value is -1.96. The molecule has 1 aliphatic rings. The van der Waals surface area contributed by atoms with Gasteiger partial charge in [0.2, 0.25) is 0 Å². The van der Waals surface area contributed by atoms with Crippen LogP contribution in [0.2, 0.25) is 0 Å². The quantitative estimate of drug-likeness (QED) is 0.720. The Bertz CT molecular complexity index is 467. The highest BCUT2D eigenvalue weighted by molar-refractivity contribution is 6.17. The van der Waals surface area contributed by atoms with E-state index in [1.54, 1.807) is 0 Å². The van der Waals surface area contributed by atoms with Gasteiger partial charge in [0.05, 0.1) is 0 Å². The van der Waals surface area contributed by atoms with Gasteiger partial charge in [0.15, 0.2) is 11.6 Å². The Morgan fingerprint density at radius 3 is 2.38 bits per heavy atom. The molecule has 0 fully saturated rings. The van der Waals surface area contributed by atoms with Crippen molar-refractivity contribution in [3.8, 4) is 0 Å². The Morgan fingerprint density at radius 2 is 1.62 bits per heavy atom. The summed E-state index contributed by atoms with van der Waals surface area (Å²) in [5.74, 6) is -0.141. The predicted molar refractivity (Wildman–Crippen MR) is 62.0 cm³/mol. The summed E-state index contributed by atoms with van der Waals surface area (Å²) < 4.78 is 0. The minimum absolute atomic E-state index is 0.0458. The number of rotatable bonds is 3. The summed E-state index contributed by atoms with van der Waals surface area (Å²) >= 11 is 0. The van der Waals surface area contributed by atoms with E-state index in [4.69, 9.17) is 0 Å². The number of ketones is 2. The first-order valence-corrected chi connectivity index (χ1v) is 5.26. The molecular weight excluding hydrogens is 200 g/mol. The average molecular weight is 212 g/mol. The lowest BCUT2D eigenvalue weighted by Gasteiger charge is -2.06. The van der Waals surface area contributed by atoms with Crippen molar-refractivity contribution in [1.82, 2.24) is 0 Å². The Labute approximate surface area is 94.3 Å². The molecule has 0 unspecified atom stereocenters. The van der Waals surface area contributed by atoms with E-state index in [-0.39, 0.29) is 11.6 Å². The van der Waals surface area contributed by atoms with Crippen LogP contribution in [-0.2, 0) is 16.0 Å². The van der Waals surface area contributed by atoms with Gasteiger partial charge < -0.3 is 0 Å². The second kappa shape index (κ2) is 4.71. The van der Waals surface area contributed by atoms with Gasteiger partial charge in [0.25, 0.3) is 0 Å². The highest BCUT2D eigenvalue weighted by Gasteiger charge is 2.12. The predicted octanol–water partition coefficient (Wildman–Crippen LogP) is 2.25. The first kappa shape index (κ1) is 10.6. The maximum Gasteiger partial charge on any atom is 0.182 e. The fourth-order valence-corrected chi connectivity index (χ4v) is 1.67. The molecule has 16 heavy (non-hydrogen) atoms. The molecule has 0 bridgehead atoms. The lowest BCUT2D eigenvalue weighted by molar-refractivity contribution is -0.114. The number of aryl methyl sites for hydroxylation is 1. The zero-order chi connectivity index (χ0) is 11.4. The van der Waals surface area contributed by atoms with Gasteiger partial charge in [-0.3, -0.25) is 9.59 Å². The van der Waals surface area contributed by atoms with Crippen LogP contribution in [0, 0.1) is 0 Å². The van der Waals surface area contributed by atoms with Gasteiger partial charge in [-0.15, -0.1) is 0 Å². The molecular formula is C14H12O2. The van der Waals surface area contributed by atoms with Gasteiger partial charge in [-0.2, -0.15) is 0 Å². The molecule has 2 heteroatoms. The number of benzene rings is 1. The normalized spacial score (nSPS) is 15.1. The van der Waals surface area contributed by atoms with Crippen molar-refractivity contribution in [1.29, 1.82) is 0 Å². The summed E-state index contributed by atoms with van der Waals surface area (Å²) in [4.78, 5) is 22.6. The average Bonchev–Trinajstić information content (AvgIpc) is 2.32. The van der Waals surface area contributed by atoms with E-state index in [0.717, 1.165) is 6.42 Å². The summed E-state index contributed by atoms with van der Waals surface area (Å²) in [7, 11) is 0. The van der Waals surface area contributed by atoms with Crippen LogP contribution in [0.4, 0.5) is 0 Å². The number of carbonyl (C=O) groups is 2. The van der Waals surface area contributed by atoms with Gasteiger partial charge in [0.1, 0.15) is 0 Å². The molecule has 0 atom stereocenters. The molecule has 2 rings (SSSR count). The smallest absolute Gasteiger partial charge is 0.182 e. The molecule has 0 heterocycles. The number of allylic oxidation sites excluding steroid dienone is 4. The first-order valence-electron chi connectivity index (χ1n) is 5.26. The molecule has 0 saturated heterocycles. The van der Waals surface area contributed by atoms with Crippen molar-refractivity contribution in [3.05, 3.63) is 59.7 Å². The van der Waals surface area contributed by atoms with Gasteiger partial charge in [-0.05, 0) is 36.6 Å². The molecule has 0 saturated carbocycles. The first-order chi connectivity index (χ1) is 7.75. The number of hydrogen-bond donors (Lipinski definition) is 0. The maximum atomic E-state index is 11.5. The third kappa shape index (κ3) is 2.54. The van der Waals surface area contributed by atoms with Crippen molar-refractivity contribution in [2.45, 2.75) is 12.8 Å². The van der Waals surface area contributed by atoms with E-state index in [0.29, 0.717) is 12.0 Å². The Morgan fingerprint density at radius 1 is 0.875 bits per heavy atom. The van der Waals surface area contributed by atoms with Crippen LogP contribution >= 0.6 is 0 Å². The lowest BCUT2D eigenvalue weighted by atomic mass is 9.97. The minimum atomic E-state index is -0.0948. The van der Waals surface area contributed by atoms with Gasteiger partial charge in [0, 0.05) is 5.57 Å². The molecule has 1 aromatic carbocycles. The van der Waals surface area contributed by atoms with Crippen LogP contribution in [0.1, 0.15) is 12.0 Å². The van der Waals surface area contributed by atoms with Crippen LogP contribution < -0.4 is 0 Å². The number of hydrogen-bond acceptors (Lipinski definition) is 2. The van der Waals surface area contributed by atoms with E-state index >= 15 is 0 Å². The summed E-state index contributed by atoms with van der Waals surface area (Å²) in [6.45, 7) is 0. The third-order valence-corrected chi connectivity index (χ3v) is 2.56. The van der Waals surface area contributed by atoms with Gasteiger partial charge in [-0.1, -0.05) is 30.3 Å². The standard InChI is InChI=1S/C14H12O2/c15-13-8-9-14(16)12(10-13)7-6-11-4-2-1-3-5-11/h1-5,8-10H,6-7H2. The van der Waals surface area contributed by atoms with Crippen molar-refractivity contribution in [2.75, 3.05) is 0 Å². The highest BCUT2D eigenvalue weighted by atomic mass is 16.1. The topological polar surface area (TPSA) is 34.1 Å². The van der Waals surface area contributed by atoms with Crippen molar-refractivity contribution >= 4 is 11.6 Å². The van der Waals surface area contributed by atoms with E-state index in [1.165, 1.54) is 23.8 Å². The van der Waals surface area contributed by atoms with Crippen LogP contribution in [0.5, 0.6) is 0 Å². The van der Waals surface area contributed by atoms with Crippen LogP contribution in [-0.4, -0.2) is 11.6 Å². The van der Waals surface area contributed by atoms with Crippen molar-refractivity contribution < 1.29 is 9.59 Å². The van der Waals surface area contributed by atoms with Crippen LogP contribution in [0.25, 0.3) is 0 Å². The summed E-state index contributed by atoms with van der Waals surface area (Å²) in [5.41, 5.74) is 1.79. The van der Waals surface area contributed by atoms with Crippen molar-refractivity contribution in [3.63, 3.8) is 0 Å². The number of carbonyl (C=O) groups excluding carboxylic acids is 2. The Kier molecular flexibility index (Phi) is 3.10. The molecule has 0 spiro atoms. The third-order valence-electron chi connectivity index (χ3n) is 2.56. The summed E-state index contributed by atoms with van der Waals surface area (Å²) in [6, 6.07) is 9.94. The lowest BCUT2D eigenvalue weighted by Crippen LogP contribution is -2.08. The second-order valence-corrected chi connectivity index (χ2v) is 3.76. The Balaban J connectivity index is 2.01. The molecule has 0 aromatic heterocycles. The van der Waals surface area contributed by atoms with Crippen LogP contribution in [0.3, 0.4) is 0 Å². The minimum Gasteiger partial charge on any atom is -0.290 e. The van der Waals surface area contributed by atoms with Crippen molar-refractivity contribution in [2.24, 2.45) is 0 Å². The monoisotopic (exact) mass is 212 g/mol. The SMILES string of the molecule is O=C1C=CC(=O)C(CCc2ccccc2)=C1. The van der Waals surface area contributed by atoms with Crippen LogP contribution in [0.15, 0.2) is 54.1 Å². The molecule has 1 aromatic rings. The van der Waals surface area contributed by atoms with E-state index in [9.17, 15) is 9.59 Å². The van der Waals surface area contributed by atoms with Gasteiger partial charge in [-0.25, -0.2) is 0 Å². The van der Waals surface area contributed by atoms with E-state index in [2.05, 4.69) is 0 Å². The second-order valence-electron chi connectivity index (χ2n) is 3.76. The zero-order valence-corrected chi connectivity index (χ0v) is 8.85. The molecule has 0 aliphatic heterocycles.